The third-order valence-corrected chi connectivity index (χ3v) is 9.61. The number of hydrogen-bond acceptors (Lipinski definition) is 10. The molecule has 1 spiro atoms. The van der Waals surface area contributed by atoms with E-state index >= 15 is 0 Å². The second kappa shape index (κ2) is 13.8. The van der Waals surface area contributed by atoms with Crippen LogP contribution in [0.15, 0.2) is 54.3 Å². The van der Waals surface area contributed by atoms with Crippen molar-refractivity contribution < 1.29 is 56.8 Å². The quantitative estimate of drug-likeness (QED) is 0.226. The van der Waals surface area contributed by atoms with E-state index in [2.05, 4.69) is 15.5 Å². The van der Waals surface area contributed by atoms with Crippen LogP contribution in [0.2, 0.25) is 0 Å². The monoisotopic (exact) mass is 689 g/mol. The number of halogens is 3. The number of carbonyl (C=O) groups is 4. The lowest BCUT2D eigenvalue weighted by molar-refractivity contribution is -0.170. The number of carbonyl (C=O) groups excluding carboxylic acids is 4. The van der Waals surface area contributed by atoms with E-state index in [0.717, 1.165) is 17.7 Å². The van der Waals surface area contributed by atoms with Gasteiger partial charge < -0.3 is 40.0 Å². The summed E-state index contributed by atoms with van der Waals surface area (Å²) in [5.74, 6) is -0.346. The number of amides is 2. The van der Waals surface area contributed by atoms with Gasteiger partial charge in [-0.1, -0.05) is 36.4 Å². The third-order valence-electron chi connectivity index (χ3n) is 9.61. The molecule has 2 aliphatic carbocycles. The summed E-state index contributed by atoms with van der Waals surface area (Å²) in [6.07, 6.45) is -4.49. The number of alkyl halides is 3. The summed E-state index contributed by atoms with van der Waals surface area (Å²) in [5, 5.41) is 27.0. The first-order chi connectivity index (χ1) is 23.2. The minimum Gasteiger partial charge on any atom is -0.493 e. The average molecular weight is 690 g/mol. The Morgan fingerprint density at radius 3 is 2.51 bits per heavy atom. The fraction of sp³-hybridized carbons (Fsp3) is 0.471. The number of benzene rings is 2. The van der Waals surface area contributed by atoms with Gasteiger partial charge in [0, 0.05) is 31.0 Å². The van der Waals surface area contributed by atoms with Crippen LogP contribution in [0, 0.1) is 0 Å². The number of esters is 1. The second-order valence-electron chi connectivity index (χ2n) is 12.5. The number of hydrogen-bond donors (Lipinski definition) is 4. The molecule has 2 heterocycles. The van der Waals surface area contributed by atoms with Gasteiger partial charge in [-0.05, 0) is 56.6 Å². The third kappa shape index (κ3) is 6.62. The summed E-state index contributed by atoms with van der Waals surface area (Å²) < 4.78 is 49.6. The number of rotatable bonds is 9. The first-order valence-electron chi connectivity index (χ1n) is 15.7. The first-order valence-corrected chi connectivity index (χ1v) is 15.7. The van der Waals surface area contributed by atoms with Crippen molar-refractivity contribution in [1.29, 1.82) is 0 Å². The molecule has 2 bridgehead atoms. The largest absolute Gasteiger partial charge is 0.493 e. The van der Waals surface area contributed by atoms with Gasteiger partial charge in [-0.15, -0.1) is 0 Å². The number of aliphatic hydroxyl groups is 2. The van der Waals surface area contributed by atoms with E-state index in [1.54, 1.807) is 43.5 Å². The van der Waals surface area contributed by atoms with Gasteiger partial charge in [0.2, 0.25) is 18.1 Å². The minimum absolute atomic E-state index is 0.00761. The van der Waals surface area contributed by atoms with E-state index in [0.29, 0.717) is 35.7 Å². The molecule has 6 atom stereocenters. The van der Waals surface area contributed by atoms with Crippen LogP contribution in [-0.4, -0.2) is 96.5 Å². The maximum atomic E-state index is 13.8. The molecule has 1 fully saturated rings. The van der Waals surface area contributed by atoms with E-state index in [9.17, 15) is 37.8 Å². The van der Waals surface area contributed by atoms with E-state index in [1.165, 1.54) is 6.92 Å². The van der Waals surface area contributed by atoms with Gasteiger partial charge in [0.15, 0.2) is 23.6 Å². The molecule has 15 heteroatoms. The smallest absolute Gasteiger partial charge is 0.446 e. The summed E-state index contributed by atoms with van der Waals surface area (Å²) in [6.45, 7) is 2.06. The highest BCUT2D eigenvalue weighted by atomic mass is 19.4. The zero-order valence-corrected chi connectivity index (χ0v) is 27.1. The standard InChI is InChI=1S/C32H37N3O8.C2HF3O/c1-18(36)29(38)33-15-12-24(37)34-26(19-7-5-4-6-8-19)30(39)42-22-11-13-32(40)23-17-20-9-10-21(41-3)27-25(20)31(32,28(22)43-27)14-16-35(23)2;3-2(4,5)1-6/h4-11,18,23,26,28,36,40H,12-17H2,1-3H3,(H,33,38)(H,34,37);1H/t18-,23+,26-,28-,31-,32+;/m0./s1. The zero-order chi connectivity index (χ0) is 35.7. The fourth-order valence-corrected chi connectivity index (χ4v) is 7.37. The summed E-state index contributed by atoms with van der Waals surface area (Å²) in [4.78, 5) is 49.3. The van der Waals surface area contributed by atoms with Gasteiger partial charge >= 0.3 is 12.1 Å². The van der Waals surface area contributed by atoms with Crippen molar-refractivity contribution in [3.8, 4) is 11.5 Å². The molecule has 0 radical (unpaired) electrons. The highest BCUT2D eigenvalue weighted by Crippen LogP contribution is 2.65. The zero-order valence-electron chi connectivity index (χ0n) is 27.1. The molecule has 12 nitrogen and oxygen atoms in total. The van der Waals surface area contributed by atoms with Crippen LogP contribution in [-0.2, 0) is 35.8 Å². The summed E-state index contributed by atoms with van der Waals surface area (Å²) >= 11 is 0. The van der Waals surface area contributed by atoms with Crippen LogP contribution in [0.4, 0.5) is 13.2 Å². The van der Waals surface area contributed by atoms with Crippen LogP contribution in [0.1, 0.15) is 48.9 Å². The lowest BCUT2D eigenvalue weighted by Crippen LogP contribution is -2.74. The molecule has 0 aromatic heterocycles. The Bertz CT molecular complexity index is 1630. The Kier molecular flexibility index (Phi) is 10.1. The predicted octanol–water partition coefficient (Wildman–Crippen LogP) is 2.01. The van der Waals surface area contributed by atoms with Crippen molar-refractivity contribution in [2.75, 3.05) is 27.2 Å². The van der Waals surface area contributed by atoms with Crippen LogP contribution in [0.25, 0.3) is 0 Å². The Labute approximate surface area is 280 Å². The van der Waals surface area contributed by atoms with Crippen LogP contribution < -0.4 is 20.1 Å². The highest BCUT2D eigenvalue weighted by molar-refractivity contribution is 5.87. The average Bonchev–Trinajstić information content (AvgIpc) is 3.43. The Hall–Kier alpha value is -4.47. The van der Waals surface area contributed by atoms with E-state index in [-0.39, 0.29) is 25.4 Å². The molecule has 1 saturated heterocycles. The summed E-state index contributed by atoms with van der Waals surface area (Å²) in [5.41, 5.74) is 0.562. The number of aliphatic hydroxyl groups excluding tert-OH is 1. The highest BCUT2D eigenvalue weighted by Gasteiger charge is 2.72. The number of methoxy groups -OCH3 is 1. The number of ether oxygens (including phenoxy) is 3. The summed E-state index contributed by atoms with van der Waals surface area (Å²) in [6, 6.07) is 11.4. The van der Waals surface area contributed by atoms with Crippen molar-refractivity contribution in [2.24, 2.45) is 0 Å². The van der Waals surface area contributed by atoms with Gasteiger partial charge in [0.25, 0.3) is 0 Å². The molecule has 2 amide bonds. The van der Waals surface area contributed by atoms with E-state index in [4.69, 9.17) is 19.0 Å². The molecule has 2 aliphatic heterocycles. The van der Waals surface area contributed by atoms with Gasteiger partial charge in [-0.3, -0.25) is 14.4 Å². The molecule has 0 saturated carbocycles. The first kappa shape index (κ1) is 35.8. The molecule has 264 valence electrons. The minimum atomic E-state index is -4.64. The van der Waals surface area contributed by atoms with Gasteiger partial charge in [-0.25, -0.2) is 4.79 Å². The molecule has 2 aromatic rings. The Balaban J connectivity index is 0.000000717. The second-order valence-corrected chi connectivity index (χ2v) is 12.5. The SMILES string of the molecule is COc1ccc2c3c1O[C@H]1C(OC(=O)[C@@H](NC(=O)CCNC(=O)[C@H](C)O)c4ccccc4)=CC[C@@]4(O)[C@@H](C2)N(C)CC[C@]314.O=CC(F)(F)F. The molecule has 6 rings (SSSR count). The van der Waals surface area contributed by atoms with Crippen LogP contribution >= 0.6 is 0 Å². The fourth-order valence-electron chi connectivity index (χ4n) is 7.37. The van der Waals surface area contributed by atoms with Crippen molar-refractivity contribution in [1.82, 2.24) is 15.5 Å². The molecular weight excluding hydrogens is 651 g/mol. The lowest BCUT2D eigenvalue weighted by atomic mass is 9.50. The molecular formula is C34H38F3N3O9. The van der Waals surface area contributed by atoms with E-state index < -0.39 is 59.5 Å². The van der Waals surface area contributed by atoms with Gasteiger partial charge in [0.05, 0.1) is 18.1 Å². The number of likely N-dealkylation sites (N-methyl/N-ethyl adjacent to an activating group) is 1. The molecule has 4 N–H and O–H groups in total. The molecule has 49 heavy (non-hydrogen) atoms. The van der Waals surface area contributed by atoms with Crippen LogP contribution in [0.5, 0.6) is 11.5 Å². The van der Waals surface area contributed by atoms with E-state index in [1.807, 2.05) is 19.2 Å². The van der Waals surface area contributed by atoms with Crippen molar-refractivity contribution in [3.05, 3.63) is 71.0 Å². The van der Waals surface area contributed by atoms with Crippen molar-refractivity contribution in [2.45, 2.75) is 74.1 Å². The maximum absolute atomic E-state index is 13.8. The number of likely N-dealkylation sites (tertiary alicyclic amines) is 1. The van der Waals surface area contributed by atoms with Gasteiger partial charge in [0.1, 0.15) is 11.9 Å². The molecule has 2 aromatic carbocycles. The Morgan fingerprint density at radius 2 is 1.88 bits per heavy atom. The van der Waals surface area contributed by atoms with Crippen molar-refractivity contribution in [3.63, 3.8) is 0 Å². The number of aldehydes is 1. The van der Waals surface area contributed by atoms with Crippen LogP contribution in [0.3, 0.4) is 0 Å². The lowest BCUT2D eigenvalue weighted by Gasteiger charge is -2.61. The predicted molar refractivity (Wildman–Crippen MR) is 166 cm³/mol. The number of nitrogens with one attached hydrogen (secondary N) is 2. The normalized spacial score (nSPS) is 25.9. The van der Waals surface area contributed by atoms with Crippen molar-refractivity contribution >= 4 is 24.1 Å². The number of piperidine rings is 1. The Morgan fingerprint density at radius 1 is 1.18 bits per heavy atom. The van der Waals surface area contributed by atoms with Gasteiger partial charge in [-0.2, -0.15) is 13.2 Å². The number of nitrogens with zero attached hydrogens (tertiary/aromatic N) is 1. The topological polar surface area (TPSA) is 164 Å². The maximum Gasteiger partial charge on any atom is 0.446 e. The molecule has 0 unspecified atom stereocenters. The molecule has 4 aliphatic rings. The summed E-state index contributed by atoms with van der Waals surface area (Å²) in [7, 11) is 3.60.